The molecule has 0 fully saturated rings. The van der Waals surface area contributed by atoms with Crippen LogP contribution in [0.4, 0.5) is 0 Å². The minimum atomic E-state index is -2.31. The standard InChI is InChI=1S/C28H28B2O2P2/c1-31-25-17-9-11-19-27(25)33(29,23-13-5-3-6-14-23)21-22-34(30,24-15-7-4-8-16-24)28-20-12-10-18-26(28)32-2/h3-20H,21-22H2,1-2H3. The third-order valence-electron chi connectivity index (χ3n) is 6.27. The van der Waals surface area contributed by atoms with Crippen molar-refractivity contribution in [1.82, 2.24) is 0 Å². The smallest absolute Gasteiger partial charge is 0.156 e. The van der Waals surface area contributed by atoms with Crippen LogP contribution >= 0.6 is 14.3 Å². The molecule has 2 unspecified atom stereocenters. The van der Waals surface area contributed by atoms with E-state index < -0.39 is 14.3 Å². The van der Waals surface area contributed by atoms with Crippen molar-refractivity contribution in [3.05, 3.63) is 109 Å². The second-order valence-electron chi connectivity index (χ2n) is 8.20. The summed E-state index contributed by atoms with van der Waals surface area (Å²) in [7, 11) is 13.6. The average Bonchev–Trinajstić information content (AvgIpc) is 2.92. The van der Waals surface area contributed by atoms with Gasteiger partial charge < -0.3 is 9.47 Å². The van der Waals surface area contributed by atoms with Crippen molar-refractivity contribution in [3.63, 3.8) is 0 Å². The fraction of sp³-hybridized carbons (Fsp3) is 0.143. The first-order valence-corrected chi connectivity index (χ1v) is 15.3. The van der Waals surface area contributed by atoms with Crippen LogP contribution in [-0.2, 0) is 0 Å². The molecule has 168 valence electrons. The average molecular weight is 480 g/mol. The first-order valence-electron chi connectivity index (χ1n) is 11.2. The van der Waals surface area contributed by atoms with Gasteiger partial charge in [-0.05, 0) is 48.5 Å². The highest BCUT2D eigenvalue weighted by molar-refractivity contribution is 8.11. The zero-order chi connectivity index (χ0) is 24.0. The summed E-state index contributed by atoms with van der Waals surface area (Å²) in [6.45, 7) is 0. The van der Waals surface area contributed by atoms with E-state index in [1.165, 1.54) is 0 Å². The summed E-state index contributed by atoms with van der Waals surface area (Å²) in [5.74, 6) is 1.64. The van der Waals surface area contributed by atoms with Crippen LogP contribution in [0, 0.1) is 0 Å². The van der Waals surface area contributed by atoms with Gasteiger partial charge in [0, 0.05) is 10.6 Å². The number of hydrogen-bond donors (Lipinski definition) is 0. The quantitative estimate of drug-likeness (QED) is 0.260. The van der Waals surface area contributed by atoms with E-state index in [0.717, 1.165) is 45.0 Å². The van der Waals surface area contributed by atoms with Gasteiger partial charge in [0.25, 0.3) is 0 Å². The van der Waals surface area contributed by atoms with Crippen LogP contribution in [0.5, 0.6) is 11.5 Å². The van der Waals surface area contributed by atoms with Gasteiger partial charge in [0.15, 0.2) is 11.5 Å². The van der Waals surface area contributed by atoms with Gasteiger partial charge >= 0.3 is 0 Å². The highest BCUT2D eigenvalue weighted by Crippen LogP contribution is 2.60. The maximum absolute atomic E-state index is 7.41. The molecule has 0 amide bonds. The Morgan fingerprint density at radius 1 is 0.500 bits per heavy atom. The predicted molar refractivity (Wildman–Crippen MR) is 152 cm³/mol. The first kappa shape index (κ1) is 24.6. The van der Waals surface area contributed by atoms with Crippen molar-refractivity contribution in [2.24, 2.45) is 0 Å². The molecule has 0 saturated carbocycles. The largest absolute Gasteiger partial charge is 0.493 e. The molecule has 4 rings (SSSR count). The summed E-state index contributed by atoms with van der Waals surface area (Å²) in [5.41, 5.74) is 0. The molecular formula is C28H28B2O2P2. The van der Waals surface area contributed by atoms with E-state index >= 15 is 0 Å². The molecule has 0 aromatic heterocycles. The monoisotopic (exact) mass is 480 g/mol. The number of ether oxygens (including phenoxy) is 2. The van der Waals surface area contributed by atoms with Crippen LogP contribution in [0.2, 0.25) is 0 Å². The van der Waals surface area contributed by atoms with E-state index in [2.05, 4.69) is 60.7 Å². The number of rotatable bonds is 9. The van der Waals surface area contributed by atoms with Gasteiger partial charge in [0.2, 0.25) is 0 Å². The summed E-state index contributed by atoms with van der Waals surface area (Å²) in [5, 5.41) is 4.39. The van der Waals surface area contributed by atoms with Crippen LogP contribution < -0.4 is 30.7 Å². The van der Waals surface area contributed by atoms with E-state index in [-0.39, 0.29) is 0 Å². The third kappa shape index (κ3) is 4.81. The lowest BCUT2D eigenvalue weighted by Gasteiger charge is -2.43. The second kappa shape index (κ2) is 10.8. The molecule has 0 heterocycles. The second-order valence-corrected chi connectivity index (χ2v) is 14.6. The Labute approximate surface area is 207 Å². The summed E-state index contributed by atoms with van der Waals surface area (Å²) in [4.78, 5) is 0. The number of hydrogen-bond acceptors (Lipinski definition) is 2. The van der Waals surface area contributed by atoms with Crippen LogP contribution in [0.15, 0.2) is 109 Å². The van der Waals surface area contributed by atoms with Crippen LogP contribution in [0.25, 0.3) is 0 Å². The van der Waals surface area contributed by atoms with Gasteiger partial charge in [-0.2, -0.15) is 14.3 Å². The van der Waals surface area contributed by atoms with Crippen molar-refractivity contribution in [3.8, 4) is 11.5 Å². The Morgan fingerprint density at radius 3 is 1.18 bits per heavy atom. The van der Waals surface area contributed by atoms with Gasteiger partial charge in [0.05, 0.1) is 37.2 Å². The lowest BCUT2D eigenvalue weighted by atomic mass is 10.3. The van der Waals surface area contributed by atoms with Crippen molar-refractivity contribution in [2.75, 3.05) is 26.5 Å². The van der Waals surface area contributed by atoms with Gasteiger partial charge in [-0.15, -0.1) is 0 Å². The van der Waals surface area contributed by atoms with Gasteiger partial charge in [-0.25, -0.2) is 0 Å². The molecule has 6 radical (unpaired) electrons. The van der Waals surface area contributed by atoms with Gasteiger partial charge in [-0.1, -0.05) is 60.7 Å². The van der Waals surface area contributed by atoms with E-state index in [4.69, 9.17) is 24.6 Å². The van der Waals surface area contributed by atoms with Crippen LogP contribution in [-0.4, -0.2) is 41.7 Å². The number of benzene rings is 4. The fourth-order valence-corrected chi connectivity index (χ4v) is 11.7. The Kier molecular flexibility index (Phi) is 7.82. The lowest BCUT2D eigenvalue weighted by molar-refractivity contribution is 0.418. The summed E-state index contributed by atoms with van der Waals surface area (Å²) >= 11 is 0. The normalized spacial score (nSPS) is 14.6. The molecule has 4 aromatic carbocycles. The molecule has 34 heavy (non-hydrogen) atoms. The van der Waals surface area contributed by atoms with Crippen LogP contribution in [0.1, 0.15) is 0 Å². The molecule has 0 spiro atoms. The van der Waals surface area contributed by atoms with E-state index in [0.29, 0.717) is 0 Å². The first-order chi connectivity index (χ1) is 16.5. The minimum Gasteiger partial charge on any atom is -0.493 e. The van der Waals surface area contributed by atoms with Crippen molar-refractivity contribution >= 4 is 50.6 Å². The Morgan fingerprint density at radius 2 is 0.824 bits per heavy atom. The fourth-order valence-electron chi connectivity index (χ4n) is 4.40. The molecule has 0 N–H and O–H groups in total. The highest BCUT2D eigenvalue weighted by Gasteiger charge is 2.34. The topological polar surface area (TPSA) is 18.5 Å². The number of para-hydroxylation sites is 2. The summed E-state index contributed by atoms with van der Waals surface area (Å²) in [6, 6.07) is 37.0. The van der Waals surface area contributed by atoms with E-state index in [9.17, 15) is 0 Å². The molecule has 2 nitrogen and oxygen atoms in total. The molecule has 0 aliphatic carbocycles. The number of methoxy groups -OCH3 is 2. The zero-order valence-electron chi connectivity index (χ0n) is 19.7. The predicted octanol–water partition coefficient (Wildman–Crippen LogP) is 4.51. The van der Waals surface area contributed by atoms with E-state index in [1.807, 2.05) is 48.5 Å². The molecule has 6 heteroatoms. The molecule has 2 atom stereocenters. The Hall–Kier alpha value is -2.53. The Bertz CT molecular complexity index is 1130. The minimum absolute atomic E-state index is 0.745. The van der Waals surface area contributed by atoms with Crippen molar-refractivity contribution in [2.45, 2.75) is 0 Å². The van der Waals surface area contributed by atoms with Gasteiger partial charge in [0.1, 0.15) is 0 Å². The zero-order valence-corrected chi connectivity index (χ0v) is 21.5. The lowest BCUT2D eigenvalue weighted by Crippen LogP contribution is -2.32. The Balaban J connectivity index is 1.84. The molecule has 0 bridgehead atoms. The SMILES string of the molecule is [B-][P+](CC[P+]([B-])(c1ccccc1)c1ccccc1OC)(c1ccccc1)c1ccccc1OC. The molecule has 4 aromatic rings. The maximum atomic E-state index is 7.41. The van der Waals surface area contributed by atoms with Gasteiger partial charge in [-0.3, -0.25) is 15.1 Å². The highest BCUT2D eigenvalue weighted by atomic mass is 31.2. The van der Waals surface area contributed by atoms with Crippen molar-refractivity contribution in [1.29, 1.82) is 0 Å². The van der Waals surface area contributed by atoms with Crippen molar-refractivity contribution < 1.29 is 9.47 Å². The third-order valence-corrected chi connectivity index (χ3v) is 13.4. The summed E-state index contributed by atoms with van der Waals surface area (Å²) < 4.78 is 11.5. The van der Waals surface area contributed by atoms with E-state index in [1.54, 1.807) is 14.2 Å². The molecular weight excluding hydrogens is 452 g/mol. The van der Waals surface area contributed by atoms with Crippen LogP contribution in [0.3, 0.4) is 0 Å². The molecule has 0 aliphatic rings. The maximum Gasteiger partial charge on any atom is 0.156 e. The molecule has 0 saturated heterocycles. The molecule has 0 aliphatic heterocycles. The summed E-state index contributed by atoms with van der Waals surface area (Å²) in [6.07, 6.45) is 1.49.